The van der Waals surface area contributed by atoms with Gasteiger partial charge in [-0.25, -0.2) is 41.1 Å². The molecule has 44 heteroatoms. The topological polar surface area (TPSA) is 687 Å². The van der Waals surface area contributed by atoms with Crippen molar-refractivity contribution in [1.29, 1.82) is 0 Å². The molecule has 0 rings (SSSR count). The van der Waals surface area contributed by atoms with Gasteiger partial charge < -0.3 is 104 Å². The van der Waals surface area contributed by atoms with Crippen LogP contribution in [0.4, 0.5) is 0 Å². The maximum atomic E-state index is 10.4. The van der Waals surface area contributed by atoms with Crippen LogP contribution in [0.5, 0.6) is 0 Å². The summed E-state index contributed by atoms with van der Waals surface area (Å²) in [5, 5.41) is 0. The molecule has 0 fully saturated rings. The van der Waals surface area contributed by atoms with Crippen molar-refractivity contribution in [2.45, 2.75) is 0 Å². The standard InChI is InChI=1S/5H3N.3H5O10P3/c;;;;;3*1-11(2,3)9-13(7,8)10-12(4,5)6/h5*1H3;3*(H,7,8)(H2,1,2,3)(H2,4,5,6). The van der Waals surface area contributed by atoms with Crippen molar-refractivity contribution in [3.8, 4) is 0 Å². The molecule has 0 aromatic carbocycles. The van der Waals surface area contributed by atoms with Crippen LogP contribution in [0.2, 0.25) is 0 Å². The van der Waals surface area contributed by atoms with Gasteiger partial charge in [0.15, 0.2) is 0 Å². The number of rotatable bonds is 12. The Morgan fingerprint density at radius 1 is 0.227 bits per heavy atom. The predicted octanol–water partition coefficient (Wildman–Crippen LogP) is -1.27. The van der Waals surface area contributed by atoms with Gasteiger partial charge in [-0.05, 0) is 0 Å². The lowest BCUT2D eigenvalue weighted by Gasteiger charge is -2.12. The number of hydrogen-bond acceptors (Lipinski definition) is 20. The number of phosphoric acid groups is 9. The van der Waals surface area contributed by atoms with Crippen molar-refractivity contribution in [1.82, 2.24) is 30.8 Å². The molecule has 0 heterocycles. The van der Waals surface area contributed by atoms with Crippen LogP contribution in [-0.2, 0) is 66.9 Å². The predicted molar refractivity (Wildman–Crippen MR) is 133 cm³/mol. The van der Waals surface area contributed by atoms with E-state index < -0.39 is 70.4 Å². The molecule has 0 atom stereocenters. The van der Waals surface area contributed by atoms with Crippen molar-refractivity contribution in [3.05, 3.63) is 0 Å². The minimum Gasteiger partial charge on any atom is -0.344 e. The van der Waals surface area contributed by atoms with Crippen LogP contribution < -0.4 is 30.8 Å². The van der Waals surface area contributed by atoms with Gasteiger partial charge in [0.1, 0.15) is 0 Å². The Balaban J connectivity index is -0.0000000697. The zero-order chi connectivity index (χ0) is 32.7. The van der Waals surface area contributed by atoms with E-state index in [1.807, 2.05) is 0 Å². The molecule has 0 aliphatic carbocycles. The van der Waals surface area contributed by atoms with E-state index in [0.717, 1.165) is 0 Å². The second kappa shape index (κ2) is 21.9. The van der Waals surface area contributed by atoms with Crippen molar-refractivity contribution in [2.24, 2.45) is 0 Å². The van der Waals surface area contributed by atoms with Gasteiger partial charge in [-0.1, -0.05) is 0 Å². The molecule has 0 bridgehead atoms. The third-order valence-corrected chi connectivity index (χ3v) is 11.3. The summed E-state index contributed by atoms with van der Waals surface area (Å²) in [4.78, 5) is 121. The fraction of sp³-hybridized carbons (Fsp3) is 0. The Kier molecular flexibility index (Phi) is 31.7. The quantitative estimate of drug-likeness (QED) is 0.102. The molecule has 0 amide bonds. The molecule has 0 radical (unpaired) electrons. The Morgan fingerprint density at radius 3 is 0.341 bits per heavy atom. The van der Waals surface area contributed by atoms with Gasteiger partial charge in [0.2, 0.25) is 0 Å². The first-order chi connectivity index (χ1) is 16.2. The third-order valence-electron chi connectivity index (χ3n) is 1.26. The summed E-state index contributed by atoms with van der Waals surface area (Å²) in [5.74, 6) is 0. The Labute approximate surface area is 242 Å². The van der Waals surface area contributed by atoms with Gasteiger partial charge >= 0.3 is 70.4 Å². The van der Waals surface area contributed by atoms with Gasteiger partial charge in [-0.2, -0.15) is 25.9 Å². The van der Waals surface area contributed by atoms with Gasteiger partial charge in [-0.15, -0.1) is 0 Å². The van der Waals surface area contributed by atoms with E-state index in [4.69, 9.17) is 73.4 Å². The van der Waals surface area contributed by atoms with Crippen LogP contribution >= 0.6 is 70.4 Å². The van der Waals surface area contributed by atoms with E-state index in [0.29, 0.717) is 0 Å². The largest absolute Gasteiger partial charge is 0.490 e. The van der Waals surface area contributed by atoms with Crippen LogP contribution in [0.15, 0.2) is 0 Å². The first kappa shape index (κ1) is 63.7. The molecule has 280 valence electrons. The molecule has 0 aromatic rings. The van der Waals surface area contributed by atoms with E-state index in [-0.39, 0.29) is 30.8 Å². The molecule has 0 aromatic heterocycles. The fourth-order valence-electron chi connectivity index (χ4n) is 0.851. The normalized spacial score (nSPS) is 12.9. The summed E-state index contributed by atoms with van der Waals surface area (Å²) in [6, 6.07) is 0. The second-order valence-corrected chi connectivity index (χ2v) is 17.5. The van der Waals surface area contributed by atoms with Gasteiger partial charge in [0, 0.05) is 0 Å². The Hall–Kier alpha value is 1.03. The summed E-state index contributed by atoms with van der Waals surface area (Å²) < 4.78 is 109. The molecule has 0 saturated heterocycles. The molecule has 35 nitrogen and oxygen atoms in total. The minimum absolute atomic E-state index is 0. The van der Waals surface area contributed by atoms with Gasteiger partial charge in [0.25, 0.3) is 0 Å². The molecule has 44 heavy (non-hydrogen) atoms. The van der Waals surface area contributed by atoms with Crippen LogP contribution in [0, 0.1) is 0 Å². The highest BCUT2D eigenvalue weighted by Crippen LogP contribution is 2.66. The summed E-state index contributed by atoms with van der Waals surface area (Å²) in [5.41, 5.74) is 0. The van der Waals surface area contributed by atoms with E-state index in [2.05, 4.69) is 25.9 Å². The lowest BCUT2D eigenvalue weighted by molar-refractivity contribution is 0.198. The SMILES string of the molecule is N.N.N.N.N.O=P(O)(O)OP(=O)(O)OP(=O)(O)O.O=P(O)(O)OP(=O)(O)OP(=O)(O)O.O=P(O)(O)OP(=O)(O)OP(=O)(O)O. The average Bonchev–Trinajstić information content (AvgIpc) is 2.28. The zero-order valence-electron chi connectivity index (χ0n) is 20.4. The van der Waals surface area contributed by atoms with Crippen molar-refractivity contribution in [3.63, 3.8) is 0 Å². The maximum Gasteiger partial charge on any atom is 0.490 e. The summed E-state index contributed by atoms with van der Waals surface area (Å²) in [7, 11) is -48.5. The van der Waals surface area contributed by atoms with Crippen molar-refractivity contribution >= 4 is 70.4 Å². The monoisotopic (exact) mass is 859 g/mol. The summed E-state index contributed by atoms with van der Waals surface area (Å²) in [6.45, 7) is 0. The van der Waals surface area contributed by atoms with Crippen LogP contribution in [0.1, 0.15) is 0 Å². The first-order valence-corrected chi connectivity index (χ1v) is 20.5. The second-order valence-electron chi connectivity index (χ2n) is 4.84. The van der Waals surface area contributed by atoms with Crippen LogP contribution in [0.25, 0.3) is 0 Å². The van der Waals surface area contributed by atoms with E-state index >= 15 is 0 Å². The molecular weight excluding hydrogens is 829 g/mol. The Morgan fingerprint density at radius 2 is 0.295 bits per heavy atom. The highest BCUT2D eigenvalue weighted by molar-refractivity contribution is 7.67. The minimum atomic E-state index is -5.46. The Bertz CT molecular complexity index is 991. The lowest BCUT2D eigenvalue weighted by Crippen LogP contribution is -1.92. The van der Waals surface area contributed by atoms with E-state index in [9.17, 15) is 41.1 Å². The average molecular weight is 859 g/mol. The molecular formula is H30N5O30P9. The van der Waals surface area contributed by atoms with Gasteiger partial charge in [0.05, 0.1) is 0 Å². The highest BCUT2D eigenvalue weighted by atomic mass is 31.3. The highest BCUT2D eigenvalue weighted by Gasteiger charge is 2.40. The smallest absolute Gasteiger partial charge is 0.344 e. The fourth-order valence-corrected chi connectivity index (χ4v) is 8.47. The van der Waals surface area contributed by atoms with Crippen LogP contribution in [-0.4, -0.2) is 73.4 Å². The zero-order valence-corrected chi connectivity index (χ0v) is 28.4. The molecule has 0 aliphatic heterocycles. The van der Waals surface area contributed by atoms with Crippen molar-refractivity contribution < 1.29 is 140 Å². The summed E-state index contributed by atoms with van der Waals surface area (Å²) in [6.07, 6.45) is 0. The molecule has 0 saturated carbocycles. The van der Waals surface area contributed by atoms with E-state index in [1.165, 1.54) is 0 Å². The molecule has 0 aliphatic rings. The molecule has 30 N–H and O–H groups in total. The number of hydrogen-bond donors (Lipinski definition) is 20. The maximum absolute atomic E-state index is 10.4. The molecule has 0 spiro atoms. The third kappa shape index (κ3) is 55.4. The van der Waals surface area contributed by atoms with Crippen LogP contribution in [0.3, 0.4) is 0 Å². The lowest BCUT2D eigenvalue weighted by atomic mass is 14.0. The summed E-state index contributed by atoms with van der Waals surface area (Å²) >= 11 is 0. The first-order valence-electron chi connectivity index (χ1n) is 6.83. The van der Waals surface area contributed by atoms with E-state index in [1.54, 1.807) is 0 Å². The van der Waals surface area contributed by atoms with Gasteiger partial charge in [-0.3, -0.25) is 0 Å². The van der Waals surface area contributed by atoms with Crippen molar-refractivity contribution in [2.75, 3.05) is 0 Å². The molecule has 0 unspecified atom stereocenters.